The summed E-state index contributed by atoms with van der Waals surface area (Å²) in [4.78, 5) is 12.9. The molecule has 0 bridgehead atoms. The number of nitriles is 1. The third-order valence-corrected chi connectivity index (χ3v) is 7.81. The normalized spacial score (nSPS) is 15.0. The number of anilines is 1. The lowest BCUT2D eigenvalue weighted by Crippen LogP contribution is -2.42. The average Bonchev–Trinajstić information content (AvgIpc) is 2.83. The molecule has 0 radical (unpaired) electrons. The Labute approximate surface area is 196 Å². The fourth-order valence-electron chi connectivity index (χ4n) is 3.81. The minimum absolute atomic E-state index is 0.0890. The summed E-state index contributed by atoms with van der Waals surface area (Å²) >= 11 is 0. The number of nitrogens with one attached hydrogen (secondary N) is 1. The van der Waals surface area contributed by atoms with Crippen LogP contribution in [0.25, 0.3) is 0 Å². The molecule has 0 aromatic heterocycles. The molecule has 1 heterocycles. The van der Waals surface area contributed by atoms with Crippen molar-refractivity contribution in [2.75, 3.05) is 24.2 Å². The summed E-state index contributed by atoms with van der Waals surface area (Å²) in [6.07, 6.45) is 2.90. The van der Waals surface area contributed by atoms with Gasteiger partial charge in [0, 0.05) is 30.3 Å². The van der Waals surface area contributed by atoms with E-state index in [-0.39, 0.29) is 17.6 Å². The molecule has 1 aliphatic rings. The maximum Gasteiger partial charge on any atom is 0.227 e. The molecule has 0 unspecified atom stereocenters. The number of carbonyl (C=O) groups excluding carboxylic acids is 1. The van der Waals surface area contributed by atoms with E-state index in [1.807, 2.05) is 55.5 Å². The van der Waals surface area contributed by atoms with Crippen molar-refractivity contribution < 1.29 is 17.9 Å². The van der Waals surface area contributed by atoms with Gasteiger partial charge in [-0.25, -0.2) is 12.7 Å². The second kappa shape index (κ2) is 11.8. The van der Waals surface area contributed by atoms with Gasteiger partial charge >= 0.3 is 0 Å². The molecule has 176 valence electrons. The first-order chi connectivity index (χ1) is 15.9. The van der Waals surface area contributed by atoms with Crippen LogP contribution in [0.2, 0.25) is 0 Å². The van der Waals surface area contributed by atoms with Crippen molar-refractivity contribution in [2.24, 2.45) is 5.92 Å². The standard InChI is InChI=1S/C25H31N3O4S/c1-2-3-18-33(30,31)28-16-13-21(14-17-28)25(29)27-24-7-5-4-6-22(24)19-32-23-10-8-20(9-11-23)12-15-26/h4-11,21H,2-3,12-14,16-19H2,1H3,(H,27,29). The van der Waals surface area contributed by atoms with E-state index in [2.05, 4.69) is 11.4 Å². The molecule has 0 aliphatic carbocycles. The number of sulfonamides is 1. The van der Waals surface area contributed by atoms with Crippen molar-refractivity contribution >= 4 is 21.6 Å². The van der Waals surface area contributed by atoms with E-state index in [1.165, 1.54) is 4.31 Å². The number of ether oxygens (including phenoxy) is 1. The lowest BCUT2D eigenvalue weighted by molar-refractivity contribution is -0.120. The number of para-hydroxylation sites is 1. The van der Waals surface area contributed by atoms with Crippen molar-refractivity contribution in [1.29, 1.82) is 5.26 Å². The monoisotopic (exact) mass is 469 g/mol. The van der Waals surface area contributed by atoms with Crippen LogP contribution in [0.4, 0.5) is 5.69 Å². The van der Waals surface area contributed by atoms with Crippen LogP contribution in [0, 0.1) is 17.2 Å². The molecule has 1 N–H and O–H groups in total. The van der Waals surface area contributed by atoms with Gasteiger partial charge in [-0.1, -0.05) is 43.7 Å². The van der Waals surface area contributed by atoms with Crippen molar-refractivity contribution in [2.45, 2.75) is 45.6 Å². The van der Waals surface area contributed by atoms with E-state index in [0.29, 0.717) is 56.8 Å². The largest absolute Gasteiger partial charge is 0.489 e. The minimum Gasteiger partial charge on any atom is -0.489 e. The van der Waals surface area contributed by atoms with E-state index in [0.717, 1.165) is 17.5 Å². The van der Waals surface area contributed by atoms with Gasteiger partial charge in [-0.3, -0.25) is 4.79 Å². The number of rotatable bonds is 10. The van der Waals surface area contributed by atoms with Crippen LogP contribution in [0.1, 0.15) is 43.7 Å². The first-order valence-corrected chi connectivity index (χ1v) is 13.0. The fourth-order valence-corrected chi connectivity index (χ4v) is 5.49. The zero-order valence-electron chi connectivity index (χ0n) is 19.0. The van der Waals surface area contributed by atoms with Gasteiger partial charge in [0.05, 0.1) is 18.2 Å². The molecular formula is C25H31N3O4S. The summed E-state index contributed by atoms with van der Waals surface area (Å²) in [5.41, 5.74) is 2.48. The first kappa shape index (κ1) is 24.7. The zero-order valence-corrected chi connectivity index (χ0v) is 19.8. The molecule has 0 spiro atoms. The van der Waals surface area contributed by atoms with E-state index in [9.17, 15) is 13.2 Å². The molecule has 1 aliphatic heterocycles. The second-order valence-corrected chi connectivity index (χ2v) is 10.3. The molecule has 7 nitrogen and oxygen atoms in total. The van der Waals surface area contributed by atoms with Crippen LogP contribution in [0.5, 0.6) is 5.75 Å². The predicted octanol–water partition coefficient (Wildman–Crippen LogP) is 4.11. The number of hydrogen-bond donors (Lipinski definition) is 1. The summed E-state index contributed by atoms with van der Waals surface area (Å²) in [7, 11) is -3.23. The second-order valence-electron chi connectivity index (χ2n) is 8.26. The summed E-state index contributed by atoms with van der Waals surface area (Å²) in [5.74, 6) is 0.557. The maximum atomic E-state index is 12.9. The lowest BCUT2D eigenvalue weighted by atomic mass is 9.97. The van der Waals surface area contributed by atoms with Crippen LogP contribution < -0.4 is 10.1 Å². The van der Waals surface area contributed by atoms with Gasteiger partial charge in [0.1, 0.15) is 12.4 Å². The SMILES string of the molecule is CCCCS(=O)(=O)N1CCC(C(=O)Nc2ccccc2COc2ccc(CC#N)cc2)CC1. The van der Waals surface area contributed by atoms with Gasteiger partial charge in [-0.05, 0) is 43.0 Å². The molecule has 0 atom stereocenters. The molecule has 2 aromatic carbocycles. The highest BCUT2D eigenvalue weighted by molar-refractivity contribution is 7.89. The number of unbranched alkanes of at least 4 members (excludes halogenated alkanes) is 1. The number of hydrogen-bond acceptors (Lipinski definition) is 5. The maximum absolute atomic E-state index is 12.9. The van der Waals surface area contributed by atoms with Crippen LogP contribution in [-0.4, -0.2) is 37.5 Å². The Morgan fingerprint density at radius 2 is 1.85 bits per heavy atom. The molecule has 3 rings (SSSR count). The number of benzene rings is 2. The summed E-state index contributed by atoms with van der Waals surface area (Å²) in [6.45, 7) is 3.04. The van der Waals surface area contributed by atoms with Crippen molar-refractivity contribution in [1.82, 2.24) is 4.31 Å². The van der Waals surface area contributed by atoms with E-state index >= 15 is 0 Å². The molecule has 1 amide bonds. The van der Waals surface area contributed by atoms with Crippen molar-refractivity contribution in [3.63, 3.8) is 0 Å². The third kappa shape index (κ3) is 7.04. The Morgan fingerprint density at radius 1 is 1.15 bits per heavy atom. The average molecular weight is 470 g/mol. The summed E-state index contributed by atoms with van der Waals surface area (Å²) < 4.78 is 32.2. The Hall–Kier alpha value is -2.89. The van der Waals surface area contributed by atoms with Gasteiger partial charge < -0.3 is 10.1 Å². The molecule has 8 heteroatoms. The molecule has 33 heavy (non-hydrogen) atoms. The van der Waals surface area contributed by atoms with Gasteiger partial charge in [-0.2, -0.15) is 5.26 Å². The van der Waals surface area contributed by atoms with E-state index in [4.69, 9.17) is 10.00 Å². The Bertz CT molecular complexity index is 1070. The van der Waals surface area contributed by atoms with Crippen LogP contribution in [0.3, 0.4) is 0 Å². The van der Waals surface area contributed by atoms with Gasteiger partial charge in [0.15, 0.2) is 0 Å². The van der Waals surface area contributed by atoms with Crippen LogP contribution in [-0.2, 0) is 27.8 Å². The fraction of sp³-hybridized carbons (Fsp3) is 0.440. The Morgan fingerprint density at radius 3 is 2.52 bits per heavy atom. The topological polar surface area (TPSA) is 99.5 Å². The highest BCUT2D eigenvalue weighted by Crippen LogP contribution is 2.24. The minimum atomic E-state index is -3.23. The molecule has 0 saturated carbocycles. The molecule has 1 saturated heterocycles. The quantitative estimate of drug-likeness (QED) is 0.564. The van der Waals surface area contributed by atoms with E-state index in [1.54, 1.807) is 0 Å². The van der Waals surface area contributed by atoms with Crippen molar-refractivity contribution in [3.8, 4) is 11.8 Å². The Balaban J connectivity index is 1.55. The van der Waals surface area contributed by atoms with Gasteiger partial charge in [0.25, 0.3) is 0 Å². The Kier molecular flexibility index (Phi) is 8.87. The smallest absolute Gasteiger partial charge is 0.227 e. The first-order valence-electron chi connectivity index (χ1n) is 11.4. The molecule has 2 aromatic rings. The third-order valence-electron chi connectivity index (χ3n) is 5.85. The van der Waals surface area contributed by atoms with Crippen molar-refractivity contribution in [3.05, 3.63) is 59.7 Å². The van der Waals surface area contributed by atoms with Gasteiger partial charge in [-0.15, -0.1) is 0 Å². The number of carbonyl (C=O) groups is 1. The lowest BCUT2D eigenvalue weighted by Gasteiger charge is -2.30. The van der Waals surface area contributed by atoms with Gasteiger partial charge in [0.2, 0.25) is 15.9 Å². The highest BCUT2D eigenvalue weighted by atomic mass is 32.2. The van der Waals surface area contributed by atoms with Crippen LogP contribution >= 0.6 is 0 Å². The number of nitrogens with zero attached hydrogens (tertiary/aromatic N) is 2. The molecule has 1 fully saturated rings. The summed E-state index contributed by atoms with van der Waals surface area (Å²) in [5, 5.41) is 11.8. The predicted molar refractivity (Wildman–Crippen MR) is 128 cm³/mol. The molecular weight excluding hydrogens is 438 g/mol. The number of piperidine rings is 1. The number of amides is 1. The summed E-state index contributed by atoms with van der Waals surface area (Å²) in [6, 6.07) is 17.0. The zero-order chi connectivity index (χ0) is 23.7. The van der Waals surface area contributed by atoms with E-state index < -0.39 is 10.0 Å². The highest BCUT2D eigenvalue weighted by Gasteiger charge is 2.30. The van der Waals surface area contributed by atoms with Crippen LogP contribution in [0.15, 0.2) is 48.5 Å².